The van der Waals surface area contributed by atoms with E-state index in [2.05, 4.69) is 5.32 Å². The number of piperidine rings is 1. The number of carboxylic acid groups (broad SMARTS) is 1. The zero-order valence-electron chi connectivity index (χ0n) is 10.8. The van der Waals surface area contributed by atoms with Crippen molar-refractivity contribution in [2.24, 2.45) is 23.7 Å². The van der Waals surface area contributed by atoms with Gasteiger partial charge in [-0.3, -0.25) is 4.79 Å². The predicted molar refractivity (Wildman–Crippen MR) is 67.8 cm³/mol. The Labute approximate surface area is 104 Å². The highest BCUT2D eigenvalue weighted by atomic mass is 16.4. The molecule has 3 nitrogen and oxygen atoms in total. The van der Waals surface area contributed by atoms with Gasteiger partial charge in [0.2, 0.25) is 0 Å². The second kappa shape index (κ2) is 5.85. The Morgan fingerprint density at radius 2 is 1.88 bits per heavy atom. The molecule has 2 rings (SSSR count). The summed E-state index contributed by atoms with van der Waals surface area (Å²) in [6, 6.07) is 0. The largest absolute Gasteiger partial charge is 0.481 e. The van der Waals surface area contributed by atoms with Crippen LogP contribution >= 0.6 is 0 Å². The van der Waals surface area contributed by atoms with Crippen LogP contribution in [0.1, 0.15) is 45.4 Å². The lowest BCUT2D eigenvalue weighted by Gasteiger charge is -2.38. The number of nitrogens with one attached hydrogen (secondary N) is 1. The molecule has 2 fully saturated rings. The molecule has 0 radical (unpaired) electrons. The van der Waals surface area contributed by atoms with E-state index in [-0.39, 0.29) is 5.92 Å². The number of carbonyl (C=O) groups is 1. The van der Waals surface area contributed by atoms with E-state index < -0.39 is 5.97 Å². The van der Waals surface area contributed by atoms with Gasteiger partial charge in [0, 0.05) is 0 Å². The number of hydrogen-bond donors (Lipinski definition) is 2. The maximum atomic E-state index is 11.1. The molecule has 1 aliphatic heterocycles. The van der Waals surface area contributed by atoms with E-state index in [0.29, 0.717) is 5.92 Å². The third-order valence-electron chi connectivity index (χ3n) is 4.83. The Balaban J connectivity index is 1.89. The van der Waals surface area contributed by atoms with Crippen LogP contribution in [-0.2, 0) is 4.79 Å². The topological polar surface area (TPSA) is 49.3 Å². The first kappa shape index (κ1) is 12.9. The van der Waals surface area contributed by atoms with Gasteiger partial charge in [-0.1, -0.05) is 39.0 Å². The number of aliphatic carboxylic acids is 1. The Hall–Kier alpha value is -0.570. The van der Waals surface area contributed by atoms with Gasteiger partial charge in [0.1, 0.15) is 0 Å². The first-order valence-corrected chi connectivity index (χ1v) is 7.12. The van der Waals surface area contributed by atoms with Gasteiger partial charge in [0.05, 0.1) is 5.92 Å². The van der Waals surface area contributed by atoms with Gasteiger partial charge in [0.15, 0.2) is 0 Å². The molecule has 0 amide bonds. The summed E-state index contributed by atoms with van der Waals surface area (Å²) in [5.41, 5.74) is 0. The van der Waals surface area contributed by atoms with Crippen molar-refractivity contribution in [2.75, 3.05) is 13.1 Å². The molecule has 1 aliphatic carbocycles. The lowest BCUT2D eigenvalue weighted by atomic mass is 9.72. The summed E-state index contributed by atoms with van der Waals surface area (Å²) < 4.78 is 0. The number of hydrogen-bond acceptors (Lipinski definition) is 2. The molecule has 0 aromatic rings. The SMILES string of the molecule is CC(C(=O)O)[C@@H]1CNC[C@H](C2CCCCC2)C1. The van der Waals surface area contributed by atoms with Gasteiger partial charge in [-0.15, -0.1) is 0 Å². The molecule has 1 heterocycles. The molecular formula is C14H25NO2. The Bertz CT molecular complexity index is 261. The van der Waals surface area contributed by atoms with E-state index in [1.807, 2.05) is 6.92 Å². The van der Waals surface area contributed by atoms with Crippen molar-refractivity contribution >= 4 is 5.97 Å². The van der Waals surface area contributed by atoms with Crippen molar-refractivity contribution in [2.45, 2.75) is 45.4 Å². The molecule has 3 heteroatoms. The monoisotopic (exact) mass is 239 g/mol. The van der Waals surface area contributed by atoms with Gasteiger partial charge in [-0.05, 0) is 37.3 Å². The first-order valence-electron chi connectivity index (χ1n) is 7.12. The third-order valence-corrected chi connectivity index (χ3v) is 4.83. The number of carboxylic acids is 1. The highest BCUT2D eigenvalue weighted by Gasteiger charge is 2.33. The maximum Gasteiger partial charge on any atom is 0.306 e. The van der Waals surface area contributed by atoms with Crippen LogP contribution < -0.4 is 5.32 Å². The van der Waals surface area contributed by atoms with Crippen LogP contribution in [0.5, 0.6) is 0 Å². The molecule has 3 atom stereocenters. The normalized spacial score (nSPS) is 33.2. The van der Waals surface area contributed by atoms with Crippen LogP contribution in [-0.4, -0.2) is 24.2 Å². The molecule has 2 N–H and O–H groups in total. The van der Waals surface area contributed by atoms with Crippen molar-refractivity contribution in [3.63, 3.8) is 0 Å². The van der Waals surface area contributed by atoms with E-state index in [9.17, 15) is 4.79 Å². The van der Waals surface area contributed by atoms with Crippen molar-refractivity contribution < 1.29 is 9.90 Å². The summed E-state index contributed by atoms with van der Waals surface area (Å²) >= 11 is 0. The lowest BCUT2D eigenvalue weighted by molar-refractivity contribution is -0.143. The molecule has 1 unspecified atom stereocenters. The fourth-order valence-electron chi connectivity index (χ4n) is 3.56. The van der Waals surface area contributed by atoms with E-state index in [0.717, 1.165) is 31.3 Å². The van der Waals surface area contributed by atoms with Gasteiger partial charge in [-0.2, -0.15) is 0 Å². The molecular weight excluding hydrogens is 214 g/mol. The molecule has 0 bridgehead atoms. The smallest absolute Gasteiger partial charge is 0.306 e. The second-order valence-electron chi connectivity index (χ2n) is 5.94. The summed E-state index contributed by atoms with van der Waals surface area (Å²) in [7, 11) is 0. The molecule has 0 spiro atoms. The molecule has 0 aromatic heterocycles. The van der Waals surface area contributed by atoms with E-state index in [4.69, 9.17) is 5.11 Å². The van der Waals surface area contributed by atoms with Gasteiger partial charge in [-0.25, -0.2) is 0 Å². The van der Waals surface area contributed by atoms with E-state index in [1.54, 1.807) is 0 Å². The van der Waals surface area contributed by atoms with Crippen molar-refractivity contribution in [1.82, 2.24) is 5.32 Å². The first-order chi connectivity index (χ1) is 8.18. The van der Waals surface area contributed by atoms with Gasteiger partial charge < -0.3 is 10.4 Å². The minimum atomic E-state index is -0.638. The highest BCUT2D eigenvalue weighted by molar-refractivity contribution is 5.69. The fraction of sp³-hybridized carbons (Fsp3) is 0.929. The summed E-state index contributed by atoms with van der Waals surface area (Å²) in [6.07, 6.45) is 7.98. The van der Waals surface area contributed by atoms with Crippen LogP contribution in [0, 0.1) is 23.7 Å². The van der Waals surface area contributed by atoms with E-state index >= 15 is 0 Å². The summed E-state index contributed by atoms with van der Waals surface area (Å²) in [4.78, 5) is 11.1. The Kier molecular flexibility index (Phi) is 4.43. The van der Waals surface area contributed by atoms with Crippen LogP contribution in [0.25, 0.3) is 0 Å². The Morgan fingerprint density at radius 1 is 1.18 bits per heavy atom. The van der Waals surface area contributed by atoms with Gasteiger partial charge in [0.25, 0.3) is 0 Å². The summed E-state index contributed by atoms with van der Waals surface area (Å²) in [6.45, 7) is 3.85. The summed E-state index contributed by atoms with van der Waals surface area (Å²) in [5.74, 6) is 1.05. The molecule has 1 saturated carbocycles. The minimum Gasteiger partial charge on any atom is -0.481 e. The molecule has 0 aromatic carbocycles. The average molecular weight is 239 g/mol. The molecule has 1 saturated heterocycles. The zero-order valence-corrected chi connectivity index (χ0v) is 10.8. The van der Waals surface area contributed by atoms with Crippen LogP contribution in [0.2, 0.25) is 0 Å². The quantitative estimate of drug-likeness (QED) is 0.795. The standard InChI is InChI=1S/C14H25NO2/c1-10(14(16)17)12-7-13(9-15-8-12)11-5-3-2-4-6-11/h10-13,15H,2-9H2,1H3,(H,16,17)/t10?,12-,13+/m0/s1. The average Bonchev–Trinajstić information content (AvgIpc) is 2.39. The fourth-order valence-corrected chi connectivity index (χ4v) is 3.56. The third kappa shape index (κ3) is 3.21. The molecule has 98 valence electrons. The van der Waals surface area contributed by atoms with Crippen LogP contribution in [0.15, 0.2) is 0 Å². The maximum absolute atomic E-state index is 11.1. The lowest BCUT2D eigenvalue weighted by Crippen LogP contribution is -2.43. The van der Waals surface area contributed by atoms with Gasteiger partial charge >= 0.3 is 5.97 Å². The molecule has 2 aliphatic rings. The van der Waals surface area contributed by atoms with Crippen molar-refractivity contribution in [1.29, 1.82) is 0 Å². The minimum absolute atomic E-state index is 0.200. The number of rotatable bonds is 3. The predicted octanol–water partition coefficient (Wildman–Crippen LogP) is 2.51. The zero-order chi connectivity index (χ0) is 12.3. The van der Waals surface area contributed by atoms with Crippen LogP contribution in [0.3, 0.4) is 0 Å². The molecule has 17 heavy (non-hydrogen) atoms. The highest BCUT2D eigenvalue weighted by Crippen LogP contribution is 2.36. The van der Waals surface area contributed by atoms with Crippen LogP contribution in [0.4, 0.5) is 0 Å². The van der Waals surface area contributed by atoms with Crippen molar-refractivity contribution in [3.05, 3.63) is 0 Å². The summed E-state index contributed by atoms with van der Waals surface area (Å²) in [5, 5.41) is 12.6. The Morgan fingerprint density at radius 3 is 2.53 bits per heavy atom. The second-order valence-corrected chi connectivity index (χ2v) is 5.94. The van der Waals surface area contributed by atoms with Crippen molar-refractivity contribution in [3.8, 4) is 0 Å². The van der Waals surface area contributed by atoms with E-state index in [1.165, 1.54) is 32.1 Å².